The summed E-state index contributed by atoms with van der Waals surface area (Å²) in [5.74, 6) is 0. The number of hydrogen-bond acceptors (Lipinski definition) is 5. The number of fused-ring (bicyclic) bond motifs is 9. The van der Waals surface area contributed by atoms with Crippen LogP contribution in [-0.2, 0) is 0 Å². The lowest BCUT2D eigenvalue weighted by Crippen LogP contribution is -2.19. The summed E-state index contributed by atoms with van der Waals surface area (Å²) >= 11 is 0. The third-order valence-corrected chi connectivity index (χ3v) is 8.70. The van der Waals surface area contributed by atoms with Gasteiger partial charge in [0.1, 0.15) is 11.2 Å². The van der Waals surface area contributed by atoms with Crippen LogP contribution in [0, 0.1) is 0 Å². The highest BCUT2D eigenvalue weighted by atomic mass is 16.4. The van der Waals surface area contributed by atoms with Crippen LogP contribution in [0.25, 0.3) is 82.0 Å². The fraction of sp³-hybridized carbons (Fsp3) is 0. The second-order valence-corrected chi connectivity index (χ2v) is 11.2. The third-order valence-electron chi connectivity index (χ3n) is 8.70. The van der Waals surface area contributed by atoms with Gasteiger partial charge in [-0.2, -0.15) is 0 Å². The highest BCUT2D eigenvalue weighted by molar-refractivity contribution is 6.09. The second kappa shape index (κ2) is 9.36. The van der Waals surface area contributed by atoms with Gasteiger partial charge in [-0.15, -0.1) is 0 Å². The monoisotopic (exact) mass is 583 g/mol. The molecule has 0 unspecified atom stereocenters. The van der Waals surface area contributed by atoms with Crippen molar-refractivity contribution < 1.29 is 8.83 Å². The predicted octanol–water partition coefficient (Wildman–Crippen LogP) is 8.33. The molecule has 0 radical (unpaired) electrons. The Morgan fingerprint density at radius 1 is 0.400 bits per heavy atom. The average molecular weight is 584 g/mol. The molecule has 6 nitrogen and oxygen atoms in total. The van der Waals surface area contributed by atoms with Crippen LogP contribution in [0.15, 0.2) is 151 Å². The summed E-state index contributed by atoms with van der Waals surface area (Å²) in [4.78, 5) is 40.0. The molecule has 3 heterocycles. The Morgan fingerprint density at radius 2 is 0.889 bits per heavy atom. The number of nitrogens with zero attached hydrogens (tertiary/aromatic N) is 1. The molecule has 0 saturated carbocycles. The zero-order valence-electron chi connectivity index (χ0n) is 23.6. The highest BCUT2D eigenvalue weighted by Gasteiger charge is 2.16. The number of para-hydroxylation sites is 2. The average Bonchev–Trinajstić information content (AvgIpc) is 3.08. The summed E-state index contributed by atoms with van der Waals surface area (Å²) in [7, 11) is 0. The fourth-order valence-electron chi connectivity index (χ4n) is 6.59. The van der Waals surface area contributed by atoms with Crippen LogP contribution in [0.1, 0.15) is 0 Å². The molecule has 9 rings (SSSR count). The van der Waals surface area contributed by atoms with Gasteiger partial charge in [0.05, 0.1) is 22.0 Å². The number of hydrogen-bond donors (Lipinski definition) is 0. The van der Waals surface area contributed by atoms with E-state index in [2.05, 4.69) is 0 Å². The van der Waals surface area contributed by atoms with Gasteiger partial charge in [0.25, 0.3) is 5.56 Å². The van der Waals surface area contributed by atoms with E-state index in [1.54, 1.807) is 22.8 Å². The van der Waals surface area contributed by atoms with Gasteiger partial charge in [-0.1, -0.05) is 78.9 Å². The van der Waals surface area contributed by atoms with E-state index < -0.39 is 5.63 Å². The van der Waals surface area contributed by atoms with Crippen molar-refractivity contribution in [1.82, 2.24) is 4.57 Å². The van der Waals surface area contributed by atoms with Crippen molar-refractivity contribution >= 4 is 65.2 Å². The predicted molar refractivity (Wildman–Crippen MR) is 180 cm³/mol. The zero-order valence-corrected chi connectivity index (χ0v) is 23.6. The maximum atomic E-state index is 14.0. The van der Waals surface area contributed by atoms with Crippen LogP contribution in [0.3, 0.4) is 0 Å². The van der Waals surface area contributed by atoms with Gasteiger partial charge in [0.2, 0.25) is 0 Å². The SMILES string of the molecule is O=c1oc2ccccc2c2ccc(-c3ccc4c(c3)c3ccccc3c(=O)n4-c3ccc4c(c3)c(=O)oc3ccccc34)cc12. The molecule has 0 N–H and O–H groups in total. The van der Waals surface area contributed by atoms with Crippen molar-refractivity contribution in [2.24, 2.45) is 0 Å². The zero-order chi connectivity index (χ0) is 30.2. The molecule has 6 heteroatoms. The summed E-state index contributed by atoms with van der Waals surface area (Å²) in [6.07, 6.45) is 0. The Balaban J connectivity index is 1.30. The molecule has 0 fully saturated rings. The van der Waals surface area contributed by atoms with Gasteiger partial charge in [0, 0.05) is 26.9 Å². The first-order chi connectivity index (χ1) is 22.0. The lowest BCUT2D eigenvalue weighted by Gasteiger charge is -2.15. The Kier molecular flexibility index (Phi) is 5.25. The number of benzene rings is 6. The Morgan fingerprint density at radius 3 is 1.56 bits per heavy atom. The largest absolute Gasteiger partial charge is 0.422 e. The van der Waals surface area contributed by atoms with E-state index >= 15 is 0 Å². The quantitative estimate of drug-likeness (QED) is 0.151. The normalized spacial score (nSPS) is 11.8. The molecule has 0 bridgehead atoms. The molecular weight excluding hydrogens is 562 g/mol. The minimum absolute atomic E-state index is 0.189. The molecule has 0 amide bonds. The molecule has 6 aromatic carbocycles. The lowest BCUT2D eigenvalue weighted by molar-refractivity contribution is 0.569. The van der Waals surface area contributed by atoms with E-state index in [0.29, 0.717) is 38.5 Å². The maximum Gasteiger partial charge on any atom is 0.344 e. The Labute approximate surface area is 253 Å². The first-order valence-corrected chi connectivity index (χ1v) is 14.5. The number of pyridine rings is 1. The number of rotatable bonds is 2. The van der Waals surface area contributed by atoms with E-state index in [0.717, 1.165) is 43.4 Å². The maximum absolute atomic E-state index is 14.0. The molecule has 9 aromatic rings. The summed E-state index contributed by atoms with van der Waals surface area (Å²) in [6.45, 7) is 0. The van der Waals surface area contributed by atoms with E-state index in [-0.39, 0.29) is 11.2 Å². The van der Waals surface area contributed by atoms with Gasteiger partial charge >= 0.3 is 11.3 Å². The van der Waals surface area contributed by atoms with E-state index in [9.17, 15) is 14.4 Å². The van der Waals surface area contributed by atoms with Crippen LogP contribution < -0.4 is 16.8 Å². The molecule has 45 heavy (non-hydrogen) atoms. The fourth-order valence-corrected chi connectivity index (χ4v) is 6.59. The third kappa shape index (κ3) is 3.72. The number of aromatic nitrogens is 1. The standard InChI is InChI=1S/C39H21NO5/c41-37-30-10-2-1-7-25(30)31-19-23(22-13-16-26-28-8-3-5-11-35(28)44-38(42)32(26)20-22)14-18-34(31)40(37)24-15-17-27-29-9-4-6-12-36(29)45-39(43)33(27)21-24/h1-21H. The van der Waals surface area contributed by atoms with Gasteiger partial charge < -0.3 is 8.83 Å². The van der Waals surface area contributed by atoms with Gasteiger partial charge in [0.15, 0.2) is 0 Å². The van der Waals surface area contributed by atoms with Crippen molar-refractivity contribution in [2.75, 3.05) is 0 Å². The van der Waals surface area contributed by atoms with Crippen LogP contribution >= 0.6 is 0 Å². The van der Waals surface area contributed by atoms with E-state index in [4.69, 9.17) is 8.83 Å². The van der Waals surface area contributed by atoms with Crippen molar-refractivity contribution in [3.63, 3.8) is 0 Å². The van der Waals surface area contributed by atoms with Crippen molar-refractivity contribution in [3.05, 3.63) is 159 Å². The molecule has 0 aliphatic heterocycles. The molecule has 0 aliphatic carbocycles. The molecule has 0 aliphatic rings. The van der Waals surface area contributed by atoms with Crippen molar-refractivity contribution in [3.8, 4) is 16.8 Å². The minimum atomic E-state index is -0.459. The van der Waals surface area contributed by atoms with E-state index in [1.807, 2.05) is 109 Å². The molecule has 0 spiro atoms. The van der Waals surface area contributed by atoms with Crippen LogP contribution in [0.5, 0.6) is 0 Å². The smallest absolute Gasteiger partial charge is 0.344 e. The molecular formula is C39H21NO5. The Bertz CT molecular complexity index is 2890. The van der Waals surface area contributed by atoms with Crippen LogP contribution in [0.4, 0.5) is 0 Å². The molecule has 3 aromatic heterocycles. The summed E-state index contributed by atoms with van der Waals surface area (Å²) < 4.78 is 12.9. The second-order valence-electron chi connectivity index (χ2n) is 11.2. The van der Waals surface area contributed by atoms with Crippen LogP contribution in [-0.4, -0.2) is 4.57 Å². The lowest BCUT2D eigenvalue weighted by atomic mass is 9.97. The van der Waals surface area contributed by atoms with Crippen molar-refractivity contribution in [1.29, 1.82) is 0 Å². The topological polar surface area (TPSA) is 82.4 Å². The van der Waals surface area contributed by atoms with Gasteiger partial charge in [-0.3, -0.25) is 9.36 Å². The van der Waals surface area contributed by atoms with Gasteiger partial charge in [-0.05, 0) is 70.4 Å². The summed E-state index contributed by atoms with van der Waals surface area (Å²) in [6, 6.07) is 39.6. The first kappa shape index (κ1) is 25.2. The van der Waals surface area contributed by atoms with E-state index in [1.165, 1.54) is 0 Å². The van der Waals surface area contributed by atoms with Crippen molar-refractivity contribution in [2.45, 2.75) is 0 Å². The summed E-state index contributed by atoms with van der Waals surface area (Å²) in [5.41, 5.74) is 3.03. The van der Waals surface area contributed by atoms with Gasteiger partial charge in [-0.25, -0.2) is 9.59 Å². The summed E-state index contributed by atoms with van der Waals surface area (Å²) in [5, 5.41) is 6.44. The highest BCUT2D eigenvalue weighted by Crippen LogP contribution is 2.33. The first-order valence-electron chi connectivity index (χ1n) is 14.5. The minimum Gasteiger partial charge on any atom is -0.422 e. The Hall–Kier alpha value is -6.27. The van der Waals surface area contributed by atoms with Crippen LogP contribution in [0.2, 0.25) is 0 Å². The molecule has 0 atom stereocenters. The molecule has 0 saturated heterocycles. The molecule has 212 valence electrons.